The Kier molecular flexibility index (Phi) is 6.81. The molecule has 3 rings (SSSR count). The van der Waals surface area contributed by atoms with Gasteiger partial charge in [-0.05, 0) is 24.3 Å². The van der Waals surface area contributed by atoms with Gasteiger partial charge in [0.2, 0.25) is 23.6 Å². The summed E-state index contributed by atoms with van der Waals surface area (Å²) in [6.45, 7) is 0. The third-order valence-electron chi connectivity index (χ3n) is 5.55. The van der Waals surface area contributed by atoms with E-state index in [1.54, 1.807) is 0 Å². The standard InChI is InChI=1S/C21H26N4O5/c22-19(28)18(13-7-4-8-14(26)10-13)25-17(27)11-16-21(30)23-15(20(29)24-16)9-12-5-2-1-3-6-12/h1-3,5-6,13,15-16,18H,4,7-11H2,(H2,22,28)(H,23,30)(H,24,29)(H,25,27)/t13-,15+,16+,18-/m1/s1. The van der Waals surface area contributed by atoms with Crippen molar-refractivity contribution in [3.63, 3.8) is 0 Å². The molecule has 1 saturated carbocycles. The fourth-order valence-electron chi connectivity index (χ4n) is 3.99. The molecule has 0 unspecified atom stereocenters. The second kappa shape index (κ2) is 9.51. The summed E-state index contributed by atoms with van der Waals surface area (Å²) in [6, 6.07) is 6.55. The lowest BCUT2D eigenvalue weighted by Gasteiger charge is -2.31. The van der Waals surface area contributed by atoms with Crippen LogP contribution in [0.3, 0.4) is 0 Å². The third kappa shape index (κ3) is 5.43. The number of amides is 4. The third-order valence-corrected chi connectivity index (χ3v) is 5.55. The maximum atomic E-state index is 12.4. The van der Waals surface area contributed by atoms with Crippen molar-refractivity contribution in [3.05, 3.63) is 35.9 Å². The first-order valence-corrected chi connectivity index (χ1v) is 10.1. The monoisotopic (exact) mass is 414 g/mol. The first-order valence-electron chi connectivity index (χ1n) is 10.1. The molecule has 2 fully saturated rings. The molecule has 4 atom stereocenters. The van der Waals surface area contributed by atoms with Crippen LogP contribution in [-0.4, -0.2) is 47.5 Å². The lowest BCUT2D eigenvalue weighted by molar-refractivity contribution is -0.139. The van der Waals surface area contributed by atoms with Crippen LogP contribution in [0.5, 0.6) is 0 Å². The number of nitrogens with one attached hydrogen (secondary N) is 3. The summed E-state index contributed by atoms with van der Waals surface area (Å²) in [5.74, 6) is -2.45. The highest BCUT2D eigenvalue weighted by Gasteiger charge is 2.37. The van der Waals surface area contributed by atoms with Gasteiger partial charge < -0.3 is 21.7 Å². The Morgan fingerprint density at radius 3 is 2.40 bits per heavy atom. The van der Waals surface area contributed by atoms with E-state index in [2.05, 4.69) is 16.0 Å². The molecule has 0 aromatic heterocycles. The Balaban J connectivity index is 1.56. The van der Waals surface area contributed by atoms with Crippen LogP contribution in [0.1, 0.15) is 37.7 Å². The summed E-state index contributed by atoms with van der Waals surface area (Å²) in [4.78, 5) is 60.7. The summed E-state index contributed by atoms with van der Waals surface area (Å²) in [5, 5.41) is 7.77. The van der Waals surface area contributed by atoms with Crippen LogP contribution in [0.2, 0.25) is 0 Å². The molecule has 0 spiro atoms. The molecule has 1 aromatic carbocycles. The number of piperazine rings is 1. The predicted octanol–water partition coefficient (Wildman–Crippen LogP) is -0.668. The number of Topliss-reactive ketones (excluding diaryl/α,β-unsaturated/α-hetero) is 1. The van der Waals surface area contributed by atoms with E-state index in [9.17, 15) is 24.0 Å². The number of nitrogens with two attached hydrogens (primary N) is 1. The van der Waals surface area contributed by atoms with Crippen molar-refractivity contribution in [2.45, 2.75) is 56.7 Å². The SMILES string of the molecule is NC(=O)[C@H](NC(=O)C[C@@H]1NC(=O)[C@H](Cc2ccccc2)NC1=O)[C@@H]1CCCC(=O)C1. The van der Waals surface area contributed by atoms with Gasteiger partial charge >= 0.3 is 0 Å². The summed E-state index contributed by atoms with van der Waals surface area (Å²) in [7, 11) is 0. The van der Waals surface area contributed by atoms with Crippen LogP contribution in [0.4, 0.5) is 0 Å². The lowest BCUT2D eigenvalue weighted by atomic mass is 9.82. The second-order valence-electron chi connectivity index (χ2n) is 7.86. The van der Waals surface area contributed by atoms with Gasteiger partial charge in [-0.3, -0.25) is 24.0 Å². The zero-order valence-corrected chi connectivity index (χ0v) is 16.6. The van der Waals surface area contributed by atoms with Crippen LogP contribution in [0.25, 0.3) is 0 Å². The Hall–Kier alpha value is -3.23. The highest BCUT2D eigenvalue weighted by Crippen LogP contribution is 2.24. The summed E-state index contributed by atoms with van der Waals surface area (Å²) in [6.07, 6.45) is 1.94. The first kappa shape index (κ1) is 21.5. The van der Waals surface area contributed by atoms with E-state index in [1.165, 1.54) is 0 Å². The van der Waals surface area contributed by atoms with Crippen molar-refractivity contribution in [1.82, 2.24) is 16.0 Å². The number of rotatable bonds is 7. The molecule has 4 amide bonds. The molecule has 9 heteroatoms. The van der Waals surface area contributed by atoms with E-state index in [0.29, 0.717) is 25.7 Å². The second-order valence-corrected chi connectivity index (χ2v) is 7.86. The number of benzene rings is 1. The first-order chi connectivity index (χ1) is 14.3. The highest BCUT2D eigenvalue weighted by molar-refractivity contribution is 5.99. The molecule has 1 saturated heterocycles. The molecule has 9 nitrogen and oxygen atoms in total. The number of hydrogen-bond acceptors (Lipinski definition) is 5. The largest absolute Gasteiger partial charge is 0.368 e. The lowest BCUT2D eigenvalue weighted by Crippen LogP contribution is -2.63. The van der Waals surface area contributed by atoms with Gasteiger partial charge in [-0.2, -0.15) is 0 Å². The number of carbonyl (C=O) groups is 5. The van der Waals surface area contributed by atoms with Crippen molar-refractivity contribution in [2.75, 3.05) is 0 Å². The molecule has 1 aliphatic heterocycles. The van der Waals surface area contributed by atoms with Crippen molar-refractivity contribution < 1.29 is 24.0 Å². The summed E-state index contributed by atoms with van der Waals surface area (Å²) in [5.41, 5.74) is 6.32. The van der Waals surface area contributed by atoms with Crippen LogP contribution in [0, 0.1) is 5.92 Å². The van der Waals surface area contributed by atoms with E-state index < -0.39 is 35.8 Å². The minimum absolute atomic E-state index is 0.0372. The van der Waals surface area contributed by atoms with E-state index in [4.69, 9.17) is 5.73 Å². The van der Waals surface area contributed by atoms with E-state index in [1.807, 2.05) is 30.3 Å². The van der Waals surface area contributed by atoms with Crippen LogP contribution < -0.4 is 21.7 Å². The molecule has 5 N–H and O–H groups in total. The van der Waals surface area contributed by atoms with Crippen LogP contribution in [0.15, 0.2) is 30.3 Å². The Bertz CT molecular complexity index is 841. The Labute approximate surface area is 174 Å². The molecule has 0 radical (unpaired) electrons. The van der Waals surface area contributed by atoms with Crippen molar-refractivity contribution in [2.24, 2.45) is 11.7 Å². The summed E-state index contributed by atoms with van der Waals surface area (Å²) >= 11 is 0. The fourth-order valence-corrected chi connectivity index (χ4v) is 3.99. The number of ketones is 1. The smallest absolute Gasteiger partial charge is 0.243 e. The average molecular weight is 414 g/mol. The van der Waals surface area contributed by atoms with E-state index in [-0.39, 0.29) is 30.4 Å². The maximum absolute atomic E-state index is 12.4. The fraction of sp³-hybridized carbons (Fsp3) is 0.476. The summed E-state index contributed by atoms with van der Waals surface area (Å²) < 4.78 is 0. The maximum Gasteiger partial charge on any atom is 0.243 e. The van der Waals surface area contributed by atoms with E-state index in [0.717, 1.165) is 5.56 Å². The van der Waals surface area contributed by atoms with Gasteiger partial charge in [0.05, 0.1) is 6.42 Å². The predicted molar refractivity (Wildman–Crippen MR) is 107 cm³/mol. The number of carbonyl (C=O) groups excluding carboxylic acids is 5. The average Bonchev–Trinajstić information content (AvgIpc) is 2.70. The van der Waals surface area contributed by atoms with Crippen molar-refractivity contribution >= 4 is 29.4 Å². The van der Waals surface area contributed by atoms with Gasteiger partial charge in [0.15, 0.2) is 0 Å². The number of primary amides is 1. The molecule has 0 bridgehead atoms. The van der Waals surface area contributed by atoms with Crippen molar-refractivity contribution in [3.8, 4) is 0 Å². The molecule has 1 aromatic rings. The minimum atomic E-state index is -1.04. The molecule has 2 aliphatic rings. The zero-order chi connectivity index (χ0) is 21.7. The van der Waals surface area contributed by atoms with Gasteiger partial charge in [-0.15, -0.1) is 0 Å². The Morgan fingerprint density at radius 2 is 1.73 bits per heavy atom. The van der Waals surface area contributed by atoms with Gasteiger partial charge in [0.1, 0.15) is 23.9 Å². The quantitative estimate of drug-likeness (QED) is 0.467. The normalized spacial score (nSPS) is 25.1. The van der Waals surface area contributed by atoms with E-state index >= 15 is 0 Å². The minimum Gasteiger partial charge on any atom is -0.368 e. The van der Waals surface area contributed by atoms with Crippen molar-refractivity contribution in [1.29, 1.82) is 0 Å². The number of hydrogen-bond donors (Lipinski definition) is 4. The Morgan fingerprint density at radius 1 is 1.07 bits per heavy atom. The molecule has 160 valence electrons. The van der Waals surface area contributed by atoms with Gasteiger partial charge in [0.25, 0.3) is 0 Å². The highest BCUT2D eigenvalue weighted by atomic mass is 16.2. The van der Waals surface area contributed by atoms with Crippen LogP contribution in [-0.2, 0) is 30.4 Å². The van der Waals surface area contributed by atoms with Gasteiger partial charge in [-0.25, -0.2) is 0 Å². The topological polar surface area (TPSA) is 147 Å². The van der Waals surface area contributed by atoms with Crippen LogP contribution >= 0.6 is 0 Å². The van der Waals surface area contributed by atoms with Gasteiger partial charge in [-0.1, -0.05) is 30.3 Å². The molecule has 1 heterocycles. The van der Waals surface area contributed by atoms with Gasteiger partial charge in [0, 0.05) is 19.3 Å². The molecule has 1 aliphatic carbocycles. The molecular formula is C21H26N4O5. The molecular weight excluding hydrogens is 388 g/mol. The zero-order valence-electron chi connectivity index (χ0n) is 16.6. The molecule has 30 heavy (non-hydrogen) atoms.